The zero-order chi connectivity index (χ0) is 6.85. The molecule has 50 valence electrons. The lowest BCUT2D eigenvalue weighted by molar-refractivity contribution is 0.769. The molecule has 0 aromatic heterocycles. The molecule has 0 heterocycles. The van der Waals surface area contributed by atoms with Crippen molar-refractivity contribution >= 4 is 11.6 Å². The first kappa shape index (κ1) is 6.88. The summed E-state index contributed by atoms with van der Waals surface area (Å²) in [7, 11) is 0. The Bertz CT molecular complexity index is 165. The summed E-state index contributed by atoms with van der Waals surface area (Å²) in [5.74, 6) is 0.506. The molecule has 0 amide bonds. The van der Waals surface area contributed by atoms with Crippen molar-refractivity contribution in [2.45, 2.75) is 20.3 Å². The van der Waals surface area contributed by atoms with Gasteiger partial charge in [0, 0.05) is 11.0 Å². The van der Waals surface area contributed by atoms with Crippen LogP contribution in [0, 0.1) is 5.92 Å². The zero-order valence-electron chi connectivity index (χ0n) is 5.82. The maximum atomic E-state index is 5.95. The maximum Gasteiger partial charge on any atom is 0.0278 e. The maximum absolute atomic E-state index is 5.95. The molecule has 0 saturated heterocycles. The van der Waals surface area contributed by atoms with Gasteiger partial charge in [-0.1, -0.05) is 30.7 Å². The van der Waals surface area contributed by atoms with Crippen LogP contribution in [0.1, 0.15) is 20.3 Å². The Morgan fingerprint density at radius 3 is 2.56 bits per heavy atom. The molecule has 0 aromatic carbocycles. The standard InChI is InChI=1S/C8H11Cl/c1-3-7-5-4-6(2)8(7)9/h4-5,7H,3H2,1-2H3. The molecule has 1 aliphatic rings. The molecule has 1 unspecified atom stereocenters. The fourth-order valence-electron chi connectivity index (χ4n) is 1.03. The van der Waals surface area contributed by atoms with E-state index in [0.29, 0.717) is 5.92 Å². The van der Waals surface area contributed by atoms with Gasteiger partial charge < -0.3 is 0 Å². The van der Waals surface area contributed by atoms with E-state index in [4.69, 9.17) is 11.6 Å². The largest absolute Gasteiger partial charge is 0.0882 e. The third-order valence-corrected chi connectivity index (χ3v) is 2.30. The number of halogens is 1. The summed E-state index contributed by atoms with van der Waals surface area (Å²) in [6.07, 6.45) is 5.38. The van der Waals surface area contributed by atoms with E-state index in [1.165, 1.54) is 5.57 Å². The SMILES string of the molecule is CCC1C=CC(C)=C1Cl. The molecule has 0 aliphatic heterocycles. The van der Waals surface area contributed by atoms with Gasteiger partial charge in [0.15, 0.2) is 0 Å². The predicted molar refractivity (Wildman–Crippen MR) is 41.5 cm³/mol. The molecule has 0 aromatic rings. The highest BCUT2D eigenvalue weighted by molar-refractivity contribution is 6.30. The van der Waals surface area contributed by atoms with Crippen LogP contribution in [-0.2, 0) is 0 Å². The van der Waals surface area contributed by atoms with E-state index in [0.717, 1.165) is 11.5 Å². The van der Waals surface area contributed by atoms with E-state index in [2.05, 4.69) is 26.0 Å². The van der Waals surface area contributed by atoms with Crippen LogP contribution in [0.2, 0.25) is 0 Å². The second kappa shape index (κ2) is 2.57. The molecule has 0 radical (unpaired) electrons. The van der Waals surface area contributed by atoms with E-state index in [-0.39, 0.29) is 0 Å². The number of hydrogen-bond acceptors (Lipinski definition) is 0. The van der Waals surface area contributed by atoms with Gasteiger partial charge in [-0.15, -0.1) is 0 Å². The average molecular weight is 143 g/mol. The Morgan fingerprint density at radius 2 is 2.33 bits per heavy atom. The first-order valence-corrected chi connectivity index (χ1v) is 3.68. The monoisotopic (exact) mass is 142 g/mol. The van der Waals surface area contributed by atoms with Crippen molar-refractivity contribution in [3.63, 3.8) is 0 Å². The minimum atomic E-state index is 0.506. The first-order valence-electron chi connectivity index (χ1n) is 3.30. The smallest absolute Gasteiger partial charge is 0.0278 e. The van der Waals surface area contributed by atoms with Crippen LogP contribution < -0.4 is 0 Å². The van der Waals surface area contributed by atoms with Crippen molar-refractivity contribution in [2.24, 2.45) is 5.92 Å². The number of allylic oxidation sites excluding steroid dienone is 4. The van der Waals surface area contributed by atoms with Crippen LogP contribution in [0.25, 0.3) is 0 Å². The normalized spacial score (nSPS) is 25.9. The Balaban J connectivity index is 2.74. The van der Waals surface area contributed by atoms with Crippen molar-refractivity contribution < 1.29 is 0 Å². The molecule has 0 spiro atoms. The summed E-state index contributed by atoms with van der Waals surface area (Å²) in [6.45, 7) is 4.20. The van der Waals surface area contributed by atoms with Crippen molar-refractivity contribution in [3.8, 4) is 0 Å². The molecule has 0 N–H and O–H groups in total. The van der Waals surface area contributed by atoms with Crippen LogP contribution >= 0.6 is 11.6 Å². The number of hydrogen-bond donors (Lipinski definition) is 0. The van der Waals surface area contributed by atoms with Crippen molar-refractivity contribution in [1.29, 1.82) is 0 Å². The topological polar surface area (TPSA) is 0 Å². The van der Waals surface area contributed by atoms with Gasteiger partial charge in [-0.05, 0) is 18.9 Å². The second-order valence-corrected chi connectivity index (χ2v) is 2.81. The number of rotatable bonds is 1. The molecule has 0 bridgehead atoms. The molecule has 9 heavy (non-hydrogen) atoms. The summed E-state index contributed by atoms with van der Waals surface area (Å²) >= 11 is 5.95. The first-order chi connectivity index (χ1) is 4.25. The minimum absolute atomic E-state index is 0.506. The van der Waals surface area contributed by atoms with E-state index in [1.54, 1.807) is 0 Å². The van der Waals surface area contributed by atoms with Crippen molar-refractivity contribution in [3.05, 3.63) is 22.8 Å². The van der Waals surface area contributed by atoms with Crippen LogP contribution in [0.5, 0.6) is 0 Å². The minimum Gasteiger partial charge on any atom is -0.0882 e. The van der Waals surface area contributed by atoms with Crippen LogP contribution in [0.15, 0.2) is 22.8 Å². The molecule has 0 nitrogen and oxygen atoms in total. The van der Waals surface area contributed by atoms with Crippen molar-refractivity contribution in [2.75, 3.05) is 0 Å². The van der Waals surface area contributed by atoms with Gasteiger partial charge in [0.2, 0.25) is 0 Å². The predicted octanol–water partition coefficient (Wildman–Crippen LogP) is 3.10. The molecule has 1 rings (SSSR count). The van der Waals surface area contributed by atoms with E-state index in [1.807, 2.05) is 0 Å². The molecule has 0 fully saturated rings. The summed E-state index contributed by atoms with van der Waals surface area (Å²) in [6, 6.07) is 0. The lowest BCUT2D eigenvalue weighted by atomic mass is 10.1. The fraction of sp³-hybridized carbons (Fsp3) is 0.500. The summed E-state index contributed by atoms with van der Waals surface area (Å²) in [5.41, 5.74) is 1.23. The highest BCUT2D eigenvalue weighted by Gasteiger charge is 2.13. The second-order valence-electron chi connectivity index (χ2n) is 2.40. The van der Waals surface area contributed by atoms with Gasteiger partial charge in [-0.3, -0.25) is 0 Å². The Morgan fingerprint density at radius 1 is 1.67 bits per heavy atom. The van der Waals surface area contributed by atoms with E-state index in [9.17, 15) is 0 Å². The molecule has 1 atom stereocenters. The summed E-state index contributed by atoms with van der Waals surface area (Å²) in [4.78, 5) is 0. The third kappa shape index (κ3) is 1.19. The van der Waals surface area contributed by atoms with Crippen LogP contribution in [-0.4, -0.2) is 0 Å². The van der Waals surface area contributed by atoms with Crippen LogP contribution in [0.3, 0.4) is 0 Å². The molecule has 1 heteroatoms. The molecular weight excluding hydrogens is 132 g/mol. The van der Waals surface area contributed by atoms with Gasteiger partial charge in [0.05, 0.1) is 0 Å². The van der Waals surface area contributed by atoms with Crippen LogP contribution in [0.4, 0.5) is 0 Å². The highest BCUT2D eigenvalue weighted by Crippen LogP contribution is 2.30. The van der Waals surface area contributed by atoms with Crippen molar-refractivity contribution in [1.82, 2.24) is 0 Å². The summed E-state index contributed by atoms with van der Waals surface area (Å²) in [5, 5.41) is 1.03. The van der Waals surface area contributed by atoms with E-state index >= 15 is 0 Å². The summed E-state index contributed by atoms with van der Waals surface area (Å²) < 4.78 is 0. The Labute approximate surface area is 61.2 Å². The quantitative estimate of drug-likeness (QED) is 0.528. The molecule has 1 aliphatic carbocycles. The van der Waals surface area contributed by atoms with E-state index < -0.39 is 0 Å². The Hall–Kier alpha value is -0.230. The highest BCUT2D eigenvalue weighted by atomic mass is 35.5. The zero-order valence-corrected chi connectivity index (χ0v) is 6.57. The van der Waals surface area contributed by atoms with Gasteiger partial charge in [0.1, 0.15) is 0 Å². The third-order valence-electron chi connectivity index (χ3n) is 1.72. The molecule has 0 saturated carbocycles. The average Bonchev–Trinajstić information content (AvgIpc) is 2.15. The van der Waals surface area contributed by atoms with Gasteiger partial charge >= 0.3 is 0 Å². The molecular formula is C8H11Cl. The van der Waals surface area contributed by atoms with Gasteiger partial charge in [0.25, 0.3) is 0 Å². The lowest BCUT2D eigenvalue weighted by Gasteiger charge is -2.02. The lowest BCUT2D eigenvalue weighted by Crippen LogP contribution is -1.89. The Kier molecular flexibility index (Phi) is 1.97. The fourth-order valence-corrected chi connectivity index (χ4v) is 1.32. The van der Waals surface area contributed by atoms with Gasteiger partial charge in [-0.2, -0.15) is 0 Å². The van der Waals surface area contributed by atoms with Gasteiger partial charge in [-0.25, -0.2) is 0 Å².